The largest absolute Gasteiger partial charge is 0.438 e. The molecule has 4 rings (SSSR count). The van der Waals surface area contributed by atoms with Crippen LogP contribution in [0.15, 0.2) is 53.1 Å². The van der Waals surface area contributed by atoms with Crippen molar-refractivity contribution in [3.05, 3.63) is 59.9 Å². The average Bonchev–Trinajstić information content (AvgIpc) is 2.97. The van der Waals surface area contributed by atoms with E-state index in [0.717, 1.165) is 33.2 Å². The van der Waals surface area contributed by atoms with Gasteiger partial charge in [0.2, 0.25) is 5.71 Å². The fourth-order valence-electron chi connectivity index (χ4n) is 2.99. The first-order valence-corrected chi connectivity index (χ1v) is 8.44. The molecule has 0 aliphatic rings. The maximum atomic E-state index is 8.25. The van der Waals surface area contributed by atoms with E-state index in [4.69, 9.17) is 7.16 Å². The molecule has 3 heterocycles. The molecule has 4 aromatic rings. The van der Waals surface area contributed by atoms with Crippen LogP contribution in [0.5, 0.6) is 0 Å². The van der Waals surface area contributed by atoms with Crippen molar-refractivity contribution in [1.29, 1.82) is 0 Å². The van der Waals surface area contributed by atoms with E-state index in [1.165, 1.54) is 0 Å². The number of fused-ring (bicyclic) bond motifs is 3. The van der Waals surface area contributed by atoms with Crippen LogP contribution in [-0.2, 0) is 0 Å². The Labute approximate surface area is 150 Å². The molecule has 0 N–H and O–H groups in total. The SMILES string of the molecule is [2H]C(C)(C)c1ccnc(-c2ccc3oc4nc(C([2H])(C)C)ccc4c3c2)c1. The molecule has 0 fully saturated rings. The summed E-state index contributed by atoms with van der Waals surface area (Å²) >= 11 is 0. The number of furan rings is 1. The lowest BCUT2D eigenvalue weighted by Crippen LogP contribution is -1.91. The van der Waals surface area contributed by atoms with Crippen molar-refractivity contribution in [2.24, 2.45) is 0 Å². The lowest BCUT2D eigenvalue weighted by Gasteiger charge is -2.07. The molecule has 3 heteroatoms. The van der Waals surface area contributed by atoms with Crippen molar-refractivity contribution >= 4 is 22.1 Å². The molecule has 0 unspecified atom stereocenters. The fourth-order valence-corrected chi connectivity index (χ4v) is 2.99. The quantitative estimate of drug-likeness (QED) is 0.442. The summed E-state index contributed by atoms with van der Waals surface area (Å²) in [6, 6.07) is 13.7. The molecule has 0 aliphatic heterocycles. The van der Waals surface area contributed by atoms with Crippen LogP contribution in [0, 0.1) is 0 Å². The Morgan fingerprint density at radius 3 is 2.52 bits per heavy atom. The van der Waals surface area contributed by atoms with Crippen LogP contribution < -0.4 is 0 Å². The van der Waals surface area contributed by atoms with E-state index in [-0.39, 0.29) is 0 Å². The van der Waals surface area contributed by atoms with Crippen molar-refractivity contribution in [3.8, 4) is 11.3 Å². The Hall–Kier alpha value is -2.68. The third kappa shape index (κ3) is 2.80. The van der Waals surface area contributed by atoms with E-state index >= 15 is 0 Å². The molecule has 0 saturated heterocycles. The molecule has 3 nitrogen and oxygen atoms in total. The minimum atomic E-state index is -0.772. The molecule has 25 heavy (non-hydrogen) atoms. The molecule has 0 radical (unpaired) electrons. The van der Waals surface area contributed by atoms with Gasteiger partial charge in [0.05, 0.1) is 5.69 Å². The molecule has 0 saturated carbocycles. The van der Waals surface area contributed by atoms with Crippen molar-refractivity contribution in [3.63, 3.8) is 0 Å². The zero-order valence-corrected chi connectivity index (χ0v) is 14.9. The van der Waals surface area contributed by atoms with E-state index in [9.17, 15) is 0 Å². The maximum Gasteiger partial charge on any atom is 0.227 e. The summed E-state index contributed by atoms with van der Waals surface area (Å²) in [5.74, 6) is -1.45. The molecule has 0 spiro atoms. The molecule has 126 valence electrons. The van der Waals surface area contributed by atoms with Crippen molar-refractivity contribution in [2.45, 2.75) is 39.5 Å². The first kappa shape index (κ1) is 13.6. The Bertz CT molecular complexity index is 1150. The van der Waals surface area contributed by atoms with Gasteiger partial charge in [-0.15, -0.1) is 0 Å². The van der Waals surface area contributed by atoms with Gasteiger partial charge in [-0.05, 0) is 59.8 Å². The van der Waals surface area contributed by atoms with Crippen LogP contribution in [0.2, 0.25) is 0 Å². The summed E-state index contributed by atoms with van der Waals surface area (Å²) in [5, 5.41) is 1.90. The molecule has 3 aromatic heterocycles. The zero-order chi connectivity index (χ0) is 19.4. The van der Waals surface area contributed by atoms with Crippen LogP contribution in [0.3, 0.4) is 0 Å². The van der Waals surface area contributed by atoms with Gasteiger partial charge in [-0.2, -0.15) is 0 Å². The number of hydrogen-bond donors (Lipinski definition) is 0. The van der Waals surface area contributed by atoms with E-state index in [1.807, 2.05) is 64.1 Å². The lowest BCUT2D eigenvalue weighted by atomic mass is 10.0. The summed E-state index contributed by atoms with van der Waals surface area (Å²) in [4.78, 5) is 9.02. The summed E-state index contributed by atoms with van der Waals surface area (Å²) in [5.41, 5.74) is 4.73. The number of rotatable bonds is 3. The summed E-state index contributed by atoms with van der Waals surface area (Å²) in [6.07, 6.45) is 1.75. The Kier molecular flexibility index (Phi) is 3.26. The lowest BCUT2D eigenvalue weighted by molar-refractivity contribution is 0.648. The second kappa shape index (κ2) is 5.99. The van der Waals surface area contributed by atoms with Gasteiger partial charge in [0.1, 0.15) is 5.58 Å². The molecule has 0 amide bonds. The Morgan fingerprint density at radius 1 is 0.920 bits per heavy atom. The minimum absolute atomic E-state index is 0.550. The van der Waals surface area contributed by atoms with Crippen molar-refractivity contribution in [2.75, 3.05) is 0 Å². The van der Waals surface area contributed by atoms with E-state index in [2.05, 4.69) is 16.0 Å². The predicted octanol–water partition coefficient (Wildman–Crippen LogP) is 6.29. The molecule has 0 aliphatic carbocycles. The van der Waals surface area contributed by atoms with Gasteiger partial charge in [0.25, 0.3) is 0 Å². The topological polar surface area (TPSA) is 38.9 Å². The first-order valence-electron chi connectivity index (χ1n) is 9.44. The highest BCUT2D eigenvalue weighted by Crippen LogP contribution is 2.32. The monoisotopic (exact) mass is 332 g/mol. The average molecular weight is 332 g/mol. The molecular weight excluding hydrogens is 308 g/mol. The number of pyridine rings is 2. The minimum Gasteiger partial charge on any atom is -0.438 e. The standard InChI is InChI=1S/C22H22N2O/c1-13(2)15-9-10-23-20(12-15)16-5-8-21-18(11-16)17-6-7-19(14(3)4)24-22(17)25-21/h5-14H,1-4H3/i13D,14D. The second-order valence-electron chi connectivity index (χ2n) is 6.79. The predicted molar refractivity (Wildman–Crippen MR) is 103 cm³/mol. The molecule has 0 atom stereocenters. The number of aromatic nitrogens is 2. The summed E-state index contributed by atoms with van der Waals surface area (Å²) < 4.78 is 22.3. The highest BCUT2D eigenvalue weighted by Gasteiger charge is 2.12. The Morgan fingerprint density at radius 2 is 1.76 bits per heavy atom. The van der Waals surface area contributed by atoms with E-state index in [1.54, 1.807) is 6.20 Å². The normalized spacial score (nSPS) is 13.9. The zero-order valence-electron chi connectivity index (χ0n) is 16.9. The summed E-state index contributed by atoms with van der Waals surface area (Å²) in [7, 11) is 0. The van der Waals surface area contributed by atoms with Crippen LogP contribution in [0.1, 0.15) is 53.5 Å². The number of nitrogens with zero attached hydrogens (tertiary/aromatic N) is 2. The third-order valence-electron chi connectivity index (χ3n) is 4.48. The van der Waals surface area contributed by atoms with Gasteiger partial charge in [-0.1, -0.05) is 27.7 Å². The van der Waals surface area contributed by atoms with Crippen molar-refractivity contribution in [1.82, 2.24) is 9.97 Å². The molecular formula is C22H22N2O. The van der Waals surface area contributed by atoms with Crippen LogP contribution >= 0.6 is 0 Å². The molecule has 1 aromatic carbocycles. The van der Waals surface area contributed by atoms with Gasteiger partial charge in [0.15, 0.2) is 0 Å². The van der Waals surface area contributed by atoms with Gasteiger partial charge in [-0.25, -0.2) is 4.98 Å². The van der Waals surface area contributed by atoms with Gasteiger partial charge in [-0.3, -0.25) is 4.98 Å². The van der Waals surface area contributed by atoms with E-state index < -0.39 is 11.8 Å². The maximum absolute atomic E-state index is 8.25. The summed E-state index contributed by atoms with van der Waals surface area (Å²) in [6.45, 7) is 7.37. The fraction of sp³-hybridized carbons (Fsp3) is 0.273. The van der Waals surface area contributed by atoms with Crippen LogP contribution in [0.4, 0.5) is 0 Å². The first-order chi connectivity index (χ1) is 12.6. The highest BCUT2D eigenvalue weighted by atomic mass is 16.3. The van der Waals surface area contributed by atoms with Crippen molar-refractivity contribution < 1.29 is 7.16 Å². The van der Waals surface area contributed by atoms with Crippen LogP contribution in [-0.4, -0.2) is 9.97 Å². The van der Waals surface area contributed by atoms with Gasteiger partial charge < -0.3 is 4.42 Å². The van der Waals surface area contributed by atoms with Gasteiger partial charge in [0, 0.05) is 31.0 Å². The molecule has 0 bridgehead atoms. The number of benzene rings is 1. The highest BCUT2D eigenvalue weighted by molar-refractivity contribution is 6.05. The smallest absolute Gasteiger partial charge is 0.227 e. The third-order valence-corrected chi connectivity index (χ3v) is 4.48. The number of hydrogen-bond acceptors (Lipinski definition) is 3. The van der Waals surface area contributed by atoms with Crippen LogP contribution in [0.25, 0.3) is 33.3 Å². The second-order valence-corrected chi connectivity index (χ2v) is 6.79. The Balaban J connectivity index is 1.86. The van der Waals surface area contributed by atoms with E-state index in [0.29, 0.717) is 11.4 Å². The van der Waals surface area contributed by atoms with Gasteiger partial charge >= 0.3 is 0 Å².